The Kier molecular flexibility index (Phi) is 10.4. The minimum Gasteiger partial charge on any atom is -0.351 e. The number of halogens is 4. The zero-order chi connectivity index (χ0) is 21.4. The Bertz CT molecular complexity index is 797. The summed E-state index contributed by atoms with van der Waals surface area (Å²) in [6.45, 7) is 3.10. The molecule has 0 bridgehead atoms. The van der Waals surface area contributed by atoms with Gasteiger partial charge in [-0.3, -0.25) is 9.59 Å². The van der Waals surface area contributed by atoms with Crippen molar-refractivity contribution < 1.29 is 9.59 Å². The Labute approximate surface area is 203 Å². The molecule has 0 spiro atoms. The van der Waals surface area contributed by atoms with E-state index in [4.69, 9.17) is 0 Å². The summed E-state index contributed by atoms with van der Waals surface area (Å²) in [6.07, 6.45) is 2.77. The van der Waals surface area contributed by atoms with E-state index in [0.29, 0.717) is 24.5 Å². The van der Waals surface area contributed by atoms with Crippen molar-refractivity contribution in [1.29, 1.82) is 0 Å². The summed E-state index contributed by atoms with van der Waals surface area (Å²) in [4.78, 5) is 32.2. The first kappa shape index (κ1) is 24.6. The highest BCUT2D eigenvalue weighted by atomic mass is 79.9. The van der Waals surface area contributed by atoms with Crippen LogP contribution in [0.3, 0.4) is 0 Å². The van der Waals surface area contributed by atoms with Gasteiger partial charge in [0.15, 0.2) is 0 Å². The molecule has 0 aliphatic carbocycles. The summed E-state index contributed by atoms with van der Waals surface area (Å²) < 4.78 is 3.17. The maximum absolute atomic E-state index is 12.0. The van der Waals surface area contributed by atoms with Crippen molar-refractivity contribution in [3.63, 3.8) is 0 Å². The molecule has 0 aliphatic rings. The zero-order valence-corrected chi connectivity index (χ0v) is 22.2. The molecular formula is C18H23Br4N5O2. The molecule has 0 saturated carbocycles. The van der Waals surface area contributed by atoms with Crippen molar-refractivity contribution in [2.24, 2.45) is 0 Å². The summed E-state index contributed by atoms with van der Waals surface area (Å²) in [5.41, 5.74) is 1.06. The molecule has 0 fully saturated rings. The lowest BCUT2D eigenvalue weighted by molar-refractivity contribution is 0.0938. The topological polar surface area (TPSA) is 93.0 Å². The van der Waals surface area contributed by atoms with Crippen molar-refractivity contribution in [2.75, 3.05) is 33.2 Å². The molecule has 2 amide bonds. The normalized spacial score (nSPS) is 11.1. The highest BCUT2D eigenvalue weighted by Gasteiger charge is 2.11. The standard InChI is InChI=1S/C18H23Br4N5O2/c1-27(8-4-6-24-18(29)14-10-12(20)16(22)26-14)7-3-2-5-23-17(28)13-9-11(19)15(21)25-13/h9-10,25-26H,2-8H2,1H3,(H,23,28)(H,24,29). The number of carbonyl (C=O) groups is 2. The number of carbonyl (C=O) groups excluding carboxylic acids is 2. The minimum absolute atomic E-state index is 0.110. The number of rotatable bonds is 11. The first-order chi connectivity index (χ1) is 13.8. The second-order valence-corrected chi connectivity index (χ2v) is 9.86. The largest absolute Gasteiger partial charge is 0.351 e. The third-order valence-electron chi connectivity index (χ3n) is 4.19. The number of hydrogen-bond acceptors (Lipinski definition) is 3. The van der Waals surface area contributed by atoms with Crippen LogP contribution in [0.15, 0.2) is 30.3 Å². The van der Waals surface area contributed by atoms with E-state index in [-0.39, 0.29) is 11.8 Å². The van der Waals surface area contributed by atoms with Gasteiger partial charge in [-0.25, -0.2) is 0 Å². The lowest BCUT2D eigenvalue weighted by Gasteiger charge is -2.16. The number of hydrogen-bond donors (Lipinski definition) is 4. The van der Waals surface area contributed by atoms with E-state index in [1.807, 2.05) is 0 Å². The van der Waals surface area contributed by atoms with E-state index >= 15 is 0 Å². The van der Waals surface area contributed by atoms with Gasteiger partial charge in [0.05, 0.1) is 18.2 Å². The van der Waals surface area contributed by atoms with Crippen molar-refractivity contribution in [2.45, 2.75) is 19.3 Å². The van der Waals surface area contributed by atoms with E-state index in [9.17, 15) is 9.59 Å². The van der Waals surface area contributed by atoms with Crippen LogP contribution in [0, 0.1) is 0 Å². The predicted molar refractivity (Wildman–Crippen MR) is 128 cm³/mol. The third kappa shape index (κ3) is 8.20. The second-order valence-electron chi connectivity index (χ2n) is 6.57. The molecule has 2 aromatic heterocycles. The fourth-order valence-electron chi connectivity index (χ4n) is 2.61. The average Bonchev–Trinajstić information content (AvgIpc) is 3.19. The molecule has 2 rings (SSSR count). The van der Waals surface area contributed by atoms with Crippen LogP contribution in [-0.4, -0.2) is 59.9 Å². The maximum atomic E-state index is 12.0. The molecule has 0 aliphatic heterocycles. The number of aromatic nitrogens is 2. The first-order valence-corrected chi connectivity index (χ1v) is 12.3. The van der Waals surface area contributed by atoms with Crippen molar-refractivity contribution in [1.82, 2.24) is 25.5 Å². The summed E-state index contributed by atoms with van der Waals surface area (Å²) in [5.74, 6) is -0.224. The fourth-order valence-corrected chi connectivity index (χ4v) is 3.93. The first-order valence-electron chi connectivity index (χ1n) is 9.11. The van der Waals surface area contributed by atoms with Crippen LogP contribution in [-0.2, 0) is 0 Å². The van der Waals surface area contributed by atoms with Crippen LogP contribution in [0.5, 0.6) is 0 Å². The SMILES string of the molecule is CN(CCCCNC(=O)c1cc(Br)c(Br)[nH]1)CCCNC(=O)c1cc(Br)c(Br)[nH]1. The smallest absolute Gasteiger partial charge is 0.267 e. The lowest BCUT2D eigenvalue weighted by atomic mass is 10.2. The van der Waals surface area contributed by atoms with E-state index in [1.54, 1.807) is 12.1 Å². The van der Waals surface area contributed by atoms with E-state index in [1.165, 1.54) is 0 Å². The van der Waals surface area contributed by atoms with E-state index < -0.39 is 0 Å². The Hall–Kier alpha value is -0.620. The molecule has 29 heavy (non-hydrogen) atoms. The van der Waals surface area contributed by atoms with Crippen LogP contribution in [0.4, 0.5) is 0 Å². The van der Waals surface area contributed by atoms with Crippen LogP contribution >= 0.6 is 63.7 Å². The Morgan fingerprint density at radius 3 is 1.72 bits per heavy atom. The van der Waals surface area contributed by atoms with Crippen LogP contribution in [0.25, 0.3) is 0 Å². The summed E-state index contributed by atoms with van der Waals surface area (Å²) in [7, 11) is 2.06. The molecule has 7 nitrogen and oxygen atoms in total. The van der Waals surface area contributed by atoms with E-state index in [0.717, 1.165) is 50.5 Å². The quantitative estimate of drug-likeness (QED) is 0.265. The number of nitrogens with zero attached hydrogens (tertiary/aromatic N) is 1. The molecule has 2 aromatic rings. The zero-order valence-electron chi connectivity index (χ0n) is 15.9. The van der Waals surface area contributed by atoms with Gasteiger partial charge in [0.25, 0.3) is 11.8 Å². The summed E-state index contributed by atoms with van der Waals surface area (Å²) in [6, 6.07) is 3.50. The van der Waals surface area contributed by atoms with Gasteiger partial charge in [0.1, 0.15) is 11.4 Å². The molecule has 4 N–H and O–H groups in total. The van der Waals surface area contributed by atoms with Crippen molar-refractivity contribution in [3.05, 3.63) is 41.7 Å². The average molecular weight is 661 g/mol. The Morgan fingerprint density at radius 2 is 1.28 bits per heavy atom. The summed E-state index contributed by atoms with van der Waals surface area (Å²) in [5, 5.41) is 5.82. The lowest BCUT2D eigenvalue weighted by Crippen LogP contribution is -2.29. The molecule has 0 radical (unpaired) electrons. The third-order valence-corrected chi connectivity index (χ3v) is 7.76. The van der Waals surface area contributed by atoms with Gasteiger partial charge in [-0.2, -0.15) is 0 Å². The van der Waals surface area contributed by atoms with Gasteiger partial charge in [0, 0.05) is 13.1 Å². The minimum atomic E-state index is -0.115. The van der Waals surface area contributed by atoms with Gasteiger partial charge >= 0.3 is 0 Å². The summed E-state index contributed by atoms with van der Waals surface area (Å²) >= 11 is 13.4. The van der Waals surface area contributed by atoms with Crippen LogP contribution < -0.4 is 10.6 Å². The predicted octanol–water partition coefficient (Wildman–Crippen LogP) is 4.65. The van der Waals surface area contributed by atoms with Gasteiger partial charge in [0.2, 0.25) is 0 Å². The molecule has 0 saturated heterocycles. The monoisotopic (exact) mass is 657 g/mol. The number of aromatic amines is 2. The molecule has 0 unspecified atom stereocenters. The number of nitrogens with one attached hydrogen (secondary N) is 4. The number of unbranched alkanes of at least 4 members (excludes halogenated alkanes) is 1. The molecule has 160 valence electrons. The van der Waals surface area contributed by atoms with Crippen molar-refractivity contribution >= 4 is 75.5 Å². The molecule has 0 atom stereocenters. The molecular weight excluding hydrogens is 638 g/mol. The van der Waals surface area contributed by atoms with Crippen LogP contribution in [0.2, 0.25) is 0 Å². The van der Waals surface area contributed by atoms with Gasteiger partial charge in [-0.1, -0.05) is 0 Å². The maximum Gasteiger partial charge on any atom is 0.267 e. The fraction of sp³-hybridized carbons (Fsp3) is 0.444. The van der Waals surface area contributed by atoms with E-state index in [2.05, 4.69) is 96.3 Å². The van der Waals surface area contributed by atoms with Gasteiger partial charge in [-0.05, 0) is 115 Å². The highest BCUT2D eigenvalue weighted by Crippen LogP contribution is 2.23. The molecule has 11 heteroatoms. The Balaban J connectivity index is 1.52. The van der Waals surface area contributed by atoms with Crippen LogP contribution in [0.1, 0.15) is 40.2 Å². The molecule has 0 aromatic carbocycles. The second kappa shape index (κ2) is 12.3. The van der Waals surface area contributed by atoms with Gasteiger partial charge < -0.3 is 25.5 Å². The van der Waals surface area contributed by atoms with Crippen molar-refractivity contribution in [3.8, 4) is 0 Å². The van der Waals surface area contributed by atoms with Gasteiger partial charge in [-0.15, -0.1) is 0 Å². The number of amides is 2. The number of H-pyrrole nitrogens is 2. The highest BCUT2D eigenvalue weighted by molar-refractivity contribution is 9.13. The Morgan fingerprint density at radius 1 is 0.828 bits per heavy atom. The molecule has 2 heterocycles.